The minimum Gasteiger partial charge on any atom is -0.390 e. The molecule has 1 unspecified atom stereocenters. The van der Waals surface area contributed by atoms with Gasteiger partial charge in [-0.2, -0.15) is 0 Å². The van der Waals surface area contributed by atoms with Gasteiger partial charge in [-0.15, -0.1) is 0 Å². The molecular formula is C14H22N4O3. The Balaban J connectivity index is 1.86. The first kappa shape index (κ1) is 15.7. The Morgan fingerprint density at radius 2 is 2.29 bits per heavy atom. The topological polar surface area (TPSA) is 86.7 Å². The van der Waals surface area contributed by atoms with Gasteiger partial charge in [0.15, 0.2) is 0 Å². The van der Waals surface area contributed by atoms with Crippen molar-refractivity contribution in [2.45, 2.75) is 6.10 Å². The Bertz CT molecular complexity index is 463. The van der Waals surface area contributed by atoms with Crippen LogP contribution >= 0.6 is 0 Å². The van der Waals surface area contributed by atoms with E-state index in [1.165, 1.54) is 0 Å². The molecule has 7 nitrogen and oxygen atoms in total. The molecule has 1 amide bonds. The largest absolute Gasteiger partial charge is 0.390 e. The molecule has 0 aromatic carbocycles. The average Bonchev–Trinajstić information content (AvgIpc) is 2.53. The van der Waals surface area contributed by atoms with E-state index < -0.39 is 6.10 Å². The fourth-order valence-corrected chi connectivity index (χ4v) is 2.22. The zero-order chi connectivity index (χ0) is 15.1. The number of ether oxygens (including phenoxy) is 1. The monoisotopic (exact) mass is 294 g/mol. The van der Waals surface area contributed by atoms with Crippen molar-refractivity contribution in [3.05, 3.63) is 23.9 Å². The summed E-state index contributed by atoms with van der Waals surface area (Å²) in [5.41, 5.74) is 0.471. The summed E-state index contributed by atoms with van der Waals surface area (Å²) < 4.78 is 5.27. The lowest BCUT2D eigenvalue weighted by Gasteiger charge is -2.28. The summed E-state index contributed by atoms with van der Waals surface area (Å²) in [7, 11) is 1.58. The lowest BCUT2D eigenvalue weighted by molar-refractivity contribution is 0.0171. The van der Waals surface area contributed by atoms with Crippen molar-refractivity contribution >= 4 is 11.7 Å². The first-order chi connectivity index (χ1) is 10.2. The van der Waals surface area contributed by atoms with Gasteiger partial charge in [-0.1, -0.05) is 0 Å². The van der Waals surface area contributed by atoms with E-state index in [0.717, 1.165) is 13.1 Å². The van der Waals surface area contributed by atoms with Gasteiger partial charge in [-0.3, -0.25) is 9.69 Å². The van der Waals surface area contributed by atoms with Gasteiger partial charge < -0.3 is 20.5 Å². The van der Waals surface area contributed by atoms with Gasteiger partial charge >= 0.3 is 0 Å². The number of hydrogen-bond acceptors (Lipinski definition) is 6. The van der Waals surface area contributed by atoms with E-state index in [1.807, 2.05) is 0 Å². The molecule has 0 aliphatic carbocycles. The number of rotatable bonds is 6. The molecule has 2 heterocycles. The Morgan fingerprint density at radius 1 is 1.52 bits per heavy atom. The van der Waals surface area contributed by atoms with Crippen molar-refractivity contribution in [2.75, 3.05) is 51.8 Å². The number of nitrogens with one attached hydrogen (secondary N) is 2. The third-order valence-corrected chi connectivity index (χ3v) is 3.36. The maximum absolute atomic E-state index is 11.7. The van der Waals surface area contributed by atoms with Crippen LogP contribution in [0.15, 0.2) is 18.3 Å². The molecule has 116 valence electrons. The van der Waals surface area contributed by atoms with Gasteiger partial charge in [0.1, 0.15) is 5.82 Å². The third kappa shape index (κ3) is 4.66. The maximum atomic E-state index is 11.7. The Hall–Kier alpha value is -1.70. The fourth-order valence-electron chi connectivity index (χ4n) is 2.22. The van der Waals surface area contributed by atoms with Crippen LogP contribution < -0.4 is 10.6 Å². The molecule has 1 aromatic rings. The fraction of sp³-hybridized carbons (Fsp3) is 0.571. The number of amides is 1. The van der Waals surface area contributed by atoms with E-state index in [0.29, 0.717) is 37.7 Å². The second kappa shape index (κ2) is 7.92. The normalized spacial score (nSPS) is 17.2. The van der Waals surface area contributed by atoms with Gasteiger partial charge in [0.25, 0.3) is 5.91 Å². The number of aromatic nitrogens is 1. The number of carbonyl (C=O) groups excluding carboxylic acids is 1. The Labute approximate surface area is 124 Å². The van der Waals surface area contributed by atoms with Crippen molar-refractivity contribution in [2.24, 2.45) is 0 Å². The summed E-state index contributed by atoms with van der Waals surface area (Å²) in [4.78, 5) is 18.0. The van der Waals surface area contributed by atoms with Crippen molar-refractivity contribution in [3.8, 4) is 0 Å². The van der Waals surface area contributed by atoms with E-state index >= 15 is 0 Å². The first-order valence-corrected chi connectivity index (χ1v) is 7.10. The van der Waals surface area contributed by atoms with Gasteiger partial charge in [0.05, 0.1) is 24.9 Å². The molecule has 1 fully saturated rings. The SMILES string of the molecule is CNC(=O)c1cccnc1NCC(O)CN1CCOCC1. The molecule has 1 saturated heterocycles. The van der Waals surface area contributed by atoms with E-state index in [4.69, 9.17) is 4.74 Å². The number of β-amino-alcohol motifs (C(OH)–C–C–N with tert-alkyl or cyclic N) is 1. The van der Waals surface area contributed by atoms with Crippen LogP contribution in [-0.4, -0.2) is 73.4 Å². The van der Waals surface area contributed by atoms with E-state index in [-0.39, 0.29) is 5.91 Å². The van der Waals surface area contributed by atoms with E-state index in [2.05, 4.69) is 20.5 Å². The second-order valence-electron chi connectivity index (χ2n) is 4.93. The predicted octanol–water partition coefficient (Wildman–Crippen LogP) is -0.454. The lowest BCUT2D eigenvalue weighted by atomic mass is 10.2. The third-order valence-electron chi connectivity index (χ3n) is 3.36. The van der Waals surface area contributed by atoms with Gasteiger partial charge in [0.2, 0.25) is 0 Å². The quantitative estimate of drug-likeness (QED) is 0.658. The maximum Gasteiger partial charge on any atom is 0.254 e. The Kier molecular flexibility index (Phi) is 5.91. The van der Waals surface area contributed by atoms with Gasteiger partial charge in [-0.25, -0.2) is 4.98 Å². The molecule has 0 saturated carbocycles. The number of nitrogens with zero attached hydrogens (tertiary/aromatic N) is 2. The molecule has 0 radical (unpaired) electrons. The van der Waals surface area contributed by atoms with Crippen LogP contribution in [-0.2, 0) is 4.74 Å². The minimum absolute atomic E-state index is 0.201. The number of morpholine rings is 1. The smallest absolute Gasteiger partial charge is 0.254 e. The van der Waals surface area contributed by atoms with Crippen molar-refractivity contribution in [1.29, 1.82) is 0 Å². The van der Waals surface area contributed by atoms with E-state index in [9.17, 15) is 9.90 Å². The molecule has 0 bridgehead atoms. The van der Waals surface area contributed by atoms with Gasteiger partial charge in [0, 0.05) is 39.4 Å². The highest BCUT2D eigenvalue weighted by molar-refractivity contribution is 5.98. The molecule has 7 heteroatoms. The summed E-state index contributed by atoms with van der Waals surface area (Å²) in [5.74, 6) is 0.283. The summed E-state index contributed by atoms with van der Waals surface area (Å²) in [6, 6.07) is 3.41. The molecule has 0 spiro atoms. The van der Waals surface area contributed by atoms with Crippen LogP contribution in [0, 0.1) is 0 Å². The van der Waals surface area contributed by atoms with Crippen molar-refractivity contribution in [1.82, 2.24) is 15.2 Å². The molecule has 1 aromatic heterocycles. The van der Waals surface area contributed by atoms with Gasteiger partial charge in [-0.05, 0) is 12.1 Å². The molecule has 21 heavy (non-hydrogen) atoms. The minimum atomic E-state index is -0.525. The number of anilines is 1. The van der Waals surface area contributed by atoms with Crippen LogP contribution in [0.5, 0.6) is 0 Å². The number of aliphatic hydroxyl groups excluding tert-OH is 1. The zero-order valence-corrected chi connectivity index (χ0v) is 12.2. The molecule has 1 aliphatic heterocycles. The van der Waals surface area contributed by atoms with Crippen LogP contribution in [0.3, 0.4) is 0 Å². The summed E-state index contributed by atoms with van der Waals surface area (Å²) in [5, 5.41) is 15.7. The lowest BCUT2D eigenvalue weighted by Crippen LogP contribution is -2.42. The number of pyridine rings is 1. The van der Waals surface area contributed by atoms with Crippen LogP contribution in [0.1, 0.15) is 10.4 Å². The summed E-state index contributed by atoms with van der Waals surface area (Å²) in [6.07, 6.45) is 1.09. The van der Waals surface area contributed by atoms with Crippen LogP contribution in [0.2, 0.25) is 0 Å². The Morgan fingerprint density at radius 3 is 3.00 bits per heavy atom. The van der Waals surface area contributed by atoms with Crippen LogP contribution in [0.4, 0.5) is 5.82 Å². The first-order valence-electron chi connectivity index (χ1n) is 7.10. The number of aliphatic hydroxyl groups is 1. The zero-order valence-electron chi connectivity index (χ0n) is 12.2. The van der Waals surface area contributed by atoms with E-state index in [1.54, 1.807) is 25.4 Å². The highest BCUT2D eigenvalue weighted by atomic mass is 16.5. The highest BCUT2D eigenvalue weighted by Gasteiger charge is 2.16. The summed E-state index contributed by atoms with van der Waals surface area (Å²) >= 11 is 0. The van der Waals surface area contributed by atoms with Crippen molar-refractivity contribution < 1.29 is 14.6 Å². The standard InChI is InChI=1S/C14H22N4O3/c1-15-14(20)12-3-2-4-16-13(12)17-9-11(19)10-18-5-7-21-8-6-18/h2-4,11,19H,5-10H2,1H3,(H,15,20)(H,16,17). The summed E-state index contributed by atoms with van der Waals surface area (Å²) in [6.45, 7) is 4.02. The average molecular weight is 294 g/mol. The van der Waals surface area contributed by atoms with Crippen LogP contribution in [0.25, 0.3) is 0 Å². The second-order valence-corrected chi connectivity index (χ2v) is 4.93. The number of carbonyl (C=O) groups is 1. The molecule has 3 N–H and O–H groups in total. The van der Waals surface area contributed by atoms with Crippen molar-refractivity contribution in [3.63, 3.8) is 0 Å². The molecule has 1 atom stereocenters. The molecular weight excluding hydrogens is 272 g/mol. The number of hydrogen-bond donors (Lipinski definition) is 3. The molecule has 1 aliphatic rings. The highest BCUT2D eigenvalue weighted by Crippen LogP contribution is 2.11. The molecule has 2 rings (SSSR count). The predicted molar refractivity (Wildman–Crippen MR) is 79.4 cm³/mol.